The van der Waals surface area contributed by atoms with Crippen LogP contribution in [0.2, 0.25) is 0 Å². The van der Waals surface area contributed by atoms with E-state index in [1.165, 1.54) is 0 Å². The lowest BCUT2D eigenvalue weighted by molar-refractivity contribution is -0.141. The predicted molar refractivity (Wildman–Crippen MR) is 82.3 cm³/mol. The van der Waals surface area contributed by atoms with Crippen LogP contribution in [0, 0.1) is 0 Å². The number of halogens is 4. The first-order valence-electron chi connectivity index (χ1n) is 7.12. The number of aromatic amines is 1. The minimum atomic E-state index is -4.73. The second-order valence-electron chi connectivity index (χ2n) is 5.71. The fraction of sp³-hybridized carbons (Fsp3) is 0.667. The van der Waals surface area contributed by atoms with E-state index in [-0.39, 0.29) is 4.57 Å². The molecule has 0 amide bonds. The van der Waals surface area contributed by atoms with Gasteiger partial charge in [0, 0.05) is 12.9 Å². The van der Waals surface area contributed by atoms with Crippen molar-refractivity contribution in [1.82, 2.24) is 9.55 Å². The molecule has 5 unspecified atom stereocenters. The first-order valence-corrected chi connectivity index (χ1v) is 10.1. The zero-order chi connectivity index (χ0) is 19.9. The van der Waals surface area contributed by atoms with Crippen LogP contribution >= 0.6 is 18.0 Å². The summed E-state index contributed by atoms with van der Waals surface area (Å²) in [5.41, 5.74) is -2.86. The molecule has 3 N–H and O–H groups in total. The normalized spacial score (nSPS) is 28.9. The van der Waals surface area contributed by atoms with Gasteiger partial charge in [0.25, 0.3) is 12.3 Å². The van der Waals surface area contributed by atoms with Crippen molar-refractivity contribution in [2.75, 3.05) is 13.3 Å². The van der Waals surface area contributed by atoms with Crippen molar-refractivity contribution in [1.29, 1.82) is 0 Å². The van der Waals surface area contributed by atoms with Crippen LogP contribution in [-0.2, 0) is 20.4 Å². The molecule has 9 nitrogen and oxygen atoms in total. The maximum absolute atomic E-state index is 12.5. The van der Waals surface area contributed by atoms with E-state index in [9.17, 15) is 37.5 Å². The van der Waals surface area contributed by atoms with Crippen LogP contribution in [0.3, 0.4) is 0 Å². The highest BCUT2D eigenvalue weighted by Gasteiger charge is 2.45. The molecule has 0 bridgehead atoms. The van der Waals surface area contributed by atoms with E-state index < -0.39 is 67.3 Å². The maximum atomic E-state index is 12.5. The zero-order valence-electron chi connectivity index (χ0n) is 13.1. The van der Waals surface area contributed by atoms with Gasteiger partial charge in [-0.3, -0.25) is 18.9 Å². The highest BCUT2D eigenvalue weighted by molar-refractivity contribution is 7.84. The number of aromatic nitrogens is 2. The van der Waals surface area contributed by atoms with E-state index in [4.69, 9.17) is 20.5 Å². The molecule has 148 valence electrons. The molecule has 0 aromatic carbocycles. The van der Waals surface area contributed by atoms with E-state index in [0.717, 1.165) is 6.66 Å². The fourth-order valence-corrected chi connectivity index (χ4v) is 2.97. The molecule has 0 spiro atoms. The summed E-state index contributed by atoms with van der Waals surface area (Å²) < 4.78 is 59.1. The van der Waals surface area contributed by atoms with Crippen LogP contribution in [0.5, 0.6) is 0 Å². The van der Waals surface area contributed by atoms with Crippen molar-refractivity contribution in [2.24, 2.45) is 0 Å². The standard InChI is InChI=1S/C12H15ClF3N2O7P/c1-26(13,23)24-3-6-7(19)8(20)9(25-6)5-2-18(4-12(14,15)16)11(22)17-10(5)21/h2,6-9,19-20H,3-4H2,1H3,(H,17,21,22). The molecule has 5 atom stereocenters. The molecule has 26 heavy (non-hydrogen) atoms. The van der Waals surface area contributed by atoms with Gasteiger partial charge in [0.05, 0.1) is 12.2 Å². The lowest BCUT2D eigenvalue weighted by Crippen LogP contribution is -2.38. The second-order valence-corrected chi connectivity index (χ2v) is 9.30. The largest absolute Gasteiger partial charge is 0.406 e. The highest BCUT2D eigenvalue weighted by Crippen LogP contribution is 2.48. The van der Waals surface area contributed by atoms with Crippen LogP contribution in [0.15, 0.2) is 15.8 Å². The van der Waals surface area contributed by atoms with Crippen LogP contribution in [0.25, 0.3) is 0 Å². The third kappa shape index (κ3) is 5.18. The monoisotopic (exact) mass is 422 g/mol. The Hall–Kier alpha value is -1.17. The Morgan fingerprint density at radius 3 is 2.54 bits per heavy atom. The predicted octanol–water partition coefficient (Wildman–Crippen LogP) is 0.339. The third-order valence-electron chi connectivity index (χ3n) is 3.53. The molecular weight excluding hydrogens is 408 g/mol. The molecule has 1 aliphatic heterocycles. The molecule has 1 fully saturated rings. The smallest absolute Gasteiger partial charge is 0.387 e. The van der Waals surface area contributed by atoms with Crippen molar-refractivity contribution in [3.8, 4) is 0 Å². The first kappa shape index (κ1) is 21.1. The molecule has 2 heterocycles. The summed E-state index contributed by atoms with van der Waals surface area (Å²) in [4.78, 5) is 25.1. The maximum Gasteiger partial charge on any atom is 0.406 e. The molecule has 14 heteroatoms. The van der Waals surface area contributed by atoms with Crippen LogP contribution < -0.4 is 11.2 Å². The molecule has 1 aliphatic rings. The minimum Gasteiger partial charge on any atom is -0.387 e. The Bertz CT molecular complexity index is 820. The second kappa shape index (κ2) is 7.45. The Kier molecular flexibility index (Phi) is 6.06. The molecule has 0 radical (unpaired) electrons. The number of hydrogen-bond donors (Lipinski definition) is 3. The van der Waals surface area contributed by atoms with Gasteiger partial charge in [-0.05, 0) is 11.2 Å². The Morgan fingerprint density at radius 2 is 2.00 bits per heavy atom. The molecule has 0 aliphatic carbocycles. The first-order chi connectivity index (χ1) is 11.8. The van der Waals surface area contributed by atoms with Crippen molar-refractivity contribution < 1.29 is 37.2 Å². The molecule has 1 aromatic heterocycles. The fourth-order valence-electron chi connectivity index (χ4n) is 2.39. The van der Waals surface area contributed by atoms with E-state index in [0.29, 0.717) is 6.20 Å². The van der Waals surface area contributed by atoms with E-state index in [1.807, 2.05) is 0 Å². The molecular formula is C12H15ClF3N2O7P. The summed E-state index contributed by atoms with van der Waals surface area (Å²) in [6.07, 6.45) is -10.2. The van der Waals surface area contributed by atoms with Gasteiger partial charge in [0.1, 0.15) is 31.0 Å². The summed E-state index contributed by atoms with van der Waals surface area (Å²) in [5, 5.41) is 20.0. The number of aliphatic hydroxyl groups excluding tert-OH is 2. The number of rotatable bonds is 5. The van der Waals surface area contributed by atoms with Crippen molar-refractivity contribution >= 4 is 18.0 Å². The van der Waals surface area contributed by atoms with Crippen molar-refractivity contribution in [3.05, 3.63) is 32.6 Å². The number of ether oxygens (including phenoxy) is 1. The minimum absolute atomic E-state index is 0.196. The van der Waals surface area contributed by atoms with E-state index in [1.54, 1.807) is 4.98 Å². The number of hydrogen-bond acceptors (Lipinski definition) is 7. The SMILES string of the molecule is CP(=O)(Cl)OCC1OC(c2cn(CC(F)(F)F)c(=O)[nH]c2=O)C(O)C1O. The number of alkyl halides is 3. The highest BCUT2D eigenvalue weighted by atomic mass is 35.7. The number of nitrogens with one attached hydrogen (secondary N) is 1. The molecule has 0 saturated carbocycles. The van der Waals surface area contributed by atoms with Crippen molar-refractivity contribution in [3.63, 3.8) is 0 Å². The third-order valence-corrected chi connectivity index (χ3v) is 4.43. The Morgan fingerprint density at radius 1 is 1.38 bits per heavy atom. The summed E-state index contributed by atoms with van der Waals surface area (Å²) in [5.74, 6) is 0. The Labute approximate surface area is 148 Å². The average molecular weight is 423 g/mol. The van der Waals surface area contributed by atoms with E-state index in [2.05, 4.69) is 0 Å². The van der Waals surface area contributed by atoms with Gasteiger partial charge < -0.3 is 19.5 Å². The van der Waals surface area contributed by atoms with Gasteiger partial charge in [-0.15, -0.1) is 0 Å². The molecule has 1 saturated heterocycles. The Balaban J connectivity index is 2.30. The summed E-state index contributed by atoms with van der Waals surface area (Å²) >= 11 is 5.41. The van der Waals surface area contributed by atoms with Gasteiger partial charge in [0.15, 0.2) is 0 Å². The summed E-state index contributed by atoms with van der Waals surface area (Å²) in [7, 11) is 0. The van der Waals surface area contributed by atoms with Crippen LogP contribution in [0.1, 0.15) is 11.7 Å². The molecule has 1 aromatic rings. The summed E-state index contributed by atoms with van der Waals surface area (Å²) in [6.45, 7) is -4.52. The zero-order valence-corrected chi connectivity index (χ0v) is 14.8. The van der Waals surface area contributed by atoms with Gasteiger partial charge in [-0.2, -0.15) is 13.2 Å². The lowest BCUT2D eigenvalue weighted by atomic mass is 10.0. The van der Waals surface area contributed by atoms with Gasteiger partial charge in [-0.1, -0.05) is 0 Å². The number of H-pyrrole nitrogens is 1. The van der Waals surface area contributed by atoms with E-state index >= 15 is 0 Å². The lowest BCUT2D eigenvalue weighted by Gasteiger charge is -2.16. The molecule has 2 rings (SSSR count). The van der Waals surface area contributed by atoms with Crippen LogP contribution in [-0.4, -0.2) is 57.5 Å². The quantitative estimate of drug-likeness (QED) is 0.583. The number of aliphatic hydroxyl groups is 2. The van der Waals surface area contributed by atoms with Gasteiger partial charge in [0.2, 0.25) is 0 Å². The average Bonchev–Trinajstić information content (AvgIpc) is 2.74. The van der Waals surface area contributed by atoms with Crippen molar-refractivity contribution in [2.45, 2.75) is 37.1 Å². The number of nitrogens with zero attached hydrogens (tertiary/aromatic N) is 1. The van der Waals surface area contributed by atoms with Crippen LogP contribution in [0.4, 0.5) is 13.2 Å². The topological polar surface area (TPSA) is 131 Å². The van der Waals surface area contributed by atoms with Gasteiger partial charge >= 0.3 is 11.9 Å². The summed E-state index contributed by atoms with van der Waals surface area (Å²) in [6, 6.07) is 0. The van der Waals surface area contributed by atoms with Gasteiger partial charge in [-0.25, -0.2) is 4.79 Å².